The van der Waals surface area contributed by atoms with Gasteiger partial charge in [-0.05, 0) is 29.8 Å². The topological polar surface area (TPSA) is 88.5 Å². The summed E-state index contributed by atoms with van der Waals surface area (Å²) in [6.45, 7) is 4.46. The van der Waals surface area contributed by atoms with Crippen LogP contribution in [0, 0.1) is 0 Å². The summed E-state index contributed by atoms with van der Waals surface area (Å²) >= 11 is 0. The molecule has 1 amide bonds. The number of rotatable bonds is 6. The Labute approximate surface area is 140 Å². The molecule has 2 rings (SSSR count). The molecule has 2 N–H and O–H groups in total. The zero-order valence-corrected chi connectivity index (χ0v) is 13.9. The Kier molecular flexibility index (Phi) is 5.18. The van der Waals surface area contributed by atoms with Crippen LogP contribution in [-0.4, -0.2) is 35.6 Å². The molecule has 0 aliphatic carbocycles. The molecular weight excluding hydrogens is 308 g/mol. The molecule has 0 saturated carbocycles. The fraction of sp³-hybridized carbons (Fsp3) is 0.278. The molecule has 1 heterocycles. The molecule has 0 radical (unpaired) electrons. The first-order valence-electron chi connectivity index (χ1n) is 7.45. The van der Waals surface area contributed by atoms with Crippen molar-refractivity contribution in [2.45, 2.75) is 19.3 Å². The molecule has 0 atom stereocenters. The Morgan fingerprint density at radius 3 is 2.58 bits per heavy atom. The van der Waals surface area contributed by atoms with Gasteiger partial charge in [0.25, 0.3) is 5.91 Å². The third kappa shape index (κ3) is 4.10. The Bertz CT molecular complexity index is 739. The van der Waals surface area contributed by atoms with E-state index in [2.05, 4.69) is 10.3 Å². The van der Waals surface area contributed by atoms with E-state index >= 15 is 0 Å². The molecule has 0 bridgehead atoms. The summed E-state index contributed by atoms with van der Waals surface area (Å²) in [5.41, 5.74) is 0.977. The number of nitrogens with one attached hydrogen (secondary N) is 1. The number of hydrogen-bond donors (Lipinski definition) is 2. The molecule has 1 aromatic heterocycles. The number of methoxy groups -OCH3 is 1. The summed E-state index contributed by atoms with van der Waals surface area (Å²) in [7, 11) is 1.61. The van der Waals surface area contributed by atoms with Gasteiger partial charge in [-0.3, -0.25) is 4.79 Å². The van der Waals surface area contributed by atoms with Crippen molar-refractivity contribution in [3.05, 3.63) is 59.4 Å². The van der Waals surface area contributed by atoms with Gasteiger partial charge in [-0.25, -0.2) is 9.78 Å². The maximum absolute atomic E-state index is 12.2. The second kappa shape index (κ2) is 7.12. The van der Waals surface area contributed by atoms with Crippen molar-refractivity contribution in [1.82, 2.24) is 10.3 Å². The highest BCUT2D eigenvalue weighted by atomic mass is 16.5. The van der Waals surface area contributed by atoms with Crippen LogP contribution >= 0.6 is 0 Å². The first kappa shape index (κ1) is 17.5. The third-order valence-corrected chi connectivity index (χ3v) is 3.79. The van der Waals surface area contributed by atoms with Crippen LogP contribution in [0.15, 0.2) is 42.6 Å². The SMILES string of the molecule is COc1cccc(C(C)(C)CNC(=O)c2ccc(C(=O)O)nc2)c1. The molecule has 6 nitrogen and oxygen atoms in total. The number of carboxylic acid groups (broad SMARTS) is 1. The normalized spacial score (nSPS) is 11.0. The van der Waals surface area contributed by atoms with Crippen molar-refractivity contribution < 1.29 is 19.4 Å². The van der Waals surface area contributed by atoms with E-state index in [4.69, 9.17) is 9.84 Å². The minimum absolute atomic E-state index is 0.0942. The number of aromatic nitrogens is 1. The lowest BCUT2D eigenvalue weighted by atomic mass is 9.84. The molecule has 0 spiro atoms. The summed E-state index contributed by atoms with van der Waals surface area (Å²) < 4.78 is 5.23. The quantitative estimate of drug-likeness (QED) is 0.850. The Balaban J connectivity index is 2.05. The van der Waals surface area contributed by atoms with Crippen molar-refractivity contribution >= 4 is 11.9 Å². The van der Waals surface area contributed by atoms with Gasteiger partial charge < -0.3 is 15.2 Å². The van der Waals surface area contributed by atoms with Gasteiger partial charge in [-0.2, -0.15) is 0 Å². The summed E-state index contributed by atoms with van der Waals surface area (Å²) in [6, 6.07) is 10.5. The van der Waals surface area contributed by atoms with Crippen molar-refractivity contribution in [1.29, 1.82) is 0 Å². The van der Waals surface area contributed by atoms with Gasteiger partial charge in [-0.1, -0.05) is 26.0 Å². The lowest BCUT2D eigenvalue weighted by Crippen LogP contribution is -2.36. The first-order chi connectivity index (χ1) is 11.3. The van der Waals surface area contributed by atoms with Crippen LogP contribution in [0.25, 0.3) is 0 Å². The number of carbonyl (C=O) groups is 2. The average Bonchev–Trinajstić information content (AvgIpc) is 2.60. The van der Waals surface area contributed by atoms with Crippen LogP contribution < -0.4 is 10.1 Å². The molecule has 0 unspecified atom stereocenters. The van der Waals surface area contributed by atoms with E-state index in [1.807, 2.05) is 38.1 Å². The van der Waals surface area contributed by atoms with Gasteiger partial charge in [0.1, 0.15) is 11.4 Å². The maximum atomic E-state index is 12.2. The number of hydrogen-bond acceptors (Lipinski definition) is 4. The molecule has 24 heavy (non-hydrogen) atoms. The number of benzene rings is 1. The molecule has 1 aromatic carbocycles. The van der Waals surface area contributed by atoms with Crippen molar-refractivity contribution in [2.75, 3.05) is 13.7 Å². The molecule has 0 saturated heterocycles. The van der Waals surface area contributed by atoms with Crippen molar-refractivity contribution in [3.8, 4) is 5.75 Å². The van der Waals surface area contributed by atoms with E-state index < -0.39 is 5.97 Å². The molecule has 0 aliphatic rings. The van der Waals surface area contributed by atoms with Crippen LogP contribution in [-0.2, 0) is 5.41 Å². The zero-order valence-electron chi connectivity index (χ0n) is 13.9. The monoisotopic (exact) mass is 328 g/mol. The largest absolute Gasteiger partial charge is 0.497 e. The van der Waals surface area contributed by atoms with Crippen molar-refractivity contribution in [2.24, 2.45) is 0 Å². The van der Waals surface area contributed by atoms with Crippen LogP contribution in [0.5, 0.6) is 5.75 Å². The van der Waals surface area contributed by atoms with E-state index in [0.29, 0.717) is 12.1 Å². The highest BCUT2D eigenvalue weighted by Crippen LogP contribution is 2.25. The van der Waals surface area contributed by atoms with E-state index in [0.717, 1.165) is 11.3 Å². The smallest absolute Gasteiger partial charge is 0.354 e. The summed E-state index contributed by atoms with van der Waals surface area (Å²) in [5, 5.41) is 11.7. The van der Waals surface area contributed by atoms with Crippen molar-refractivity contribution in [3.63, 3.8) is 0 Å². The van der Waals surface area contributed by atoms with Gasteiger partial charge in [0.15, 0.2) is 0 Å². The Morgan fingerprint density at radius 1 is 1.25 bits per heavy atom. The average molecular weight is 328 g/mol. The lowest BCUT2D eigenvalue weighted by molar-refractivity contribution is 0.0689. The van der Waals surface area contributed by atoms with E-state index in [9.17, 15) is 9.59 Å². The minimum atomic E-state index is -1.12. The summed E-state index contributed by atoms with van der Waals surface area (Å²) in [6.07, 6.45) is 1.26. The van der Waals surface area contributed by atoms with Gasteiger partial charge in [0, 0.05) is 18.2 Å². The fourth-order valence-corrected chi connectivity index (χ4v) is 2.20. The van der Waals surface area contributed by atoms with Crippen LogP contribution in [0.4, 0.5) is 0 Å². The summed E-state index contributed by atoms with van der Waals surface area (Å²) in [4.78, 5) is 26.7. The summed E-state index contributed by atoms with van der Waals surface area (Å²) in [5.74, 6) is -0.656. The van der Waals surface area contributed by atoms with E-state index in [-0.39, 0.29) is 17.0 Å². The van der Waals surface area contributed by atoms with Gasteiger partial charge in [0.2, 0.25) is 0 Å². The van der Waals surface area contributed by atoms with E-state index in [1.165, 1.54) is 18.3 Å². The number of nitrogens with zero attached hydrogens (tertiary/aromatic N) is 1. The van der Waals surface area contributed by atoms with Gasteiger partial charge >= 0.3 is 5.97 Å². The predicted octanol–water partition coefficient (Wildman–Crippen LogP) is 2.50. The second-order valence-electron chi connectivity index (χ2n) is 6.04. The minimum Gasteiger partial charge on any atom is -0.497 e. The Morgan fingerprint density at radius 2 is 2.00 bits per heavy atom. The number of carbonyl (C=O) groups excluding carboxylic acids is 1. The first-order valence-corrected chi connectivity index (χ1v) is 7.45. The molecule has 6 heteroatoms. The standard InChI is InChI=1S/C18H20N2O4/c1-18(2,13-5-4-6-14(9-13)24-3)11-20-16(21)12-7-8-15(17(22)23)19-10-12/h4-10H,11H2,1-3H3,(H,20,21)(H,22,23). The molecule has 0 aliphatic heterocycles. The molecule has 126 valence electrons. The number of aromatic carboxylic acids is 1. The number of pyridine rings is 1. The predicted molar refractivity (Wildman–Crippen MR) is 89.5 cm³/mol. The molecular formula is C18H20N2O4. The molecule has 2 aromatic rings. The molecule has 0 fully saturated rings. The van der Waals surface area contributed by atoms with Gasteiger partial charge in [-0.15, -0.1) is 0 Å². The number of ether oxygens (including phenoxy) is 1. The number of carboxylic acids is 1. The Hall–Kier alpha value is -2.89. The van der Waals surface area contributed by atoms with Crippen LogP contribution in [0.2, 0.25) is 0 Å². The van der Waals surface area contributed by atoms with Crippen LogP contribution in [0.3, 0.4) is 0 Å². The maximum Gasteiger partial charge on any atom is 0.354 e. The highest BCUT2D eigenvalue weighted by Gasteiger charge is 2.22. The lowest BCUT2D eigenvalue weighted by Gasteiger charge is -2.26. The van der Waals surface area contributed by atoms with Crippen LogP contribution in [0.1, 0.15) is 40.3 Å². The highest BCUT2D eigenvalue weighted by molar-refractivity contribution is 5.94. The fourth-order valence-electron chi connectivity index (χ4n) is 2.20. The van der Waals surface area contributed by atoms with E-state index in [1.54, 1.807) is 7.11 Å². The van der Waals surface area contributed by atoms with Gasteiger partial charge in [0.05, 0.1) is 12.7 Å². The second-order valence-corrected chi connectivity index (χ2v) is 6.04. The third-order valence-electron chi connectivity index (χ3n) is 3.79. The number of amides is 1. The zero-order chi connectivity index (χ0) is 17.7.